The van der Waals surface area contributed by atoms with Crippen molar-refractivity contribution < 1.29 is 15.1 Å². The van der Waals surface area contributed by atoms with Crippen LogP contribution in [0.3, 0.4) is 0 Å². The molecule has 0 radical (unpaired) electrons. The molecule has 2 rings (SSSR count). The Balaban J connectivity index is 2.45. The molecule has 6 heteroatoms. The van der Waals surface area contributed by atoms with E-state index in [0.29, 0.717) is 11.0 Å². The van der Waals surface area contributed by atoms with E-state index < -0.39 is 0 Å². The minimum absolute atomic E-state index is 0.00471. The normalized spacial score (nSPS) is 10.7. The molecular formula is C9H11N3O3. The van der Waals surface area contributed by atoms with Crippen LogP contribution in [0.15, 0.2) is 18.5 Å². The summed E-state index contributed by atoms with van der Waals surface area (Å²) >= 11 is 0. The SMILES string of the molecule is Nc1cc2c(cc1O)ncn2OCCO. The fourth-order valence-electron chi connectivity index (χ4n) is 1.28. The molecule has 1 heterocycles. The number of phenolic OH excluding ortho intramolecular Hbond substituents is 1. The maximum absolute atomic E-state index is 9.35. The lowest BCUT2D eigenvalue weighted by atomic mass is 10.2. The Hall–Kier alpha value is -1.95. The quantitative estimate of drug-likeness (QED) is 0.478. The standard InChI is InChI=1S/C9H11N3O3/c10-6-3-8-7(4-9(6)14)11-5-12(8)15-2-1-13/h3-5,13-14H,1-2,10H2. The van der Waals surface area contributed by atoms with Crippen molar-refractivity contribution in [1.82, 2.24) is 9.71 Å². The number of aliphatic hydroxyl groups excluding tert-OH is 1. The fourth-order valence-corrected chi connectivity index (χ4v) is 1.28. The Bertz CT molecular complexity index is 481. The summed E-state index contributed by atoms with van der Waals surface area (Å²) in [4.78, 5) is 9.18. The summed E-state index contributed by atoms with van der Waals surface area (Å²) < 4.78 is 1.40. The second kappa shape index (κ2) is 3.66. The number of imidazole rings is 1. The first-order valence-corrected chi connectivity index (χ1v) is 4.42. The lowest BCUT2D eigenvalue weighted by Gasteiger charge is -2.05. The van der Waals surface area contributed by atoms with Gasteiger partial charge in [0.05, 0.1) is 17.8 Å². The Morgan fingerprint density at radius 1 is 1.47 bits per heavy atom. The van der Waals surface area contributed by atoms with Gasteiger partial charge in [-0.25, -0.2) is 4.98 Å². The lowest BCUT2D eigenvalue weighted by molar-refractivity contribution is 0.0822. The number of hydrogen-bond donors (Lipinski definition) is 3. The van der Waals surface area contributed by atoms with Crippen LogP contribution in [-0.4, -0.2) is 33.1 Å². The van der Waals surface area contributed by atoms with E-state index in [9.17, 15) is 5.11 Å². The van der Waals surface area contributed by atoms with Crippen molar-refractivity contribution in [2.45, 2.75) is 0 Å². The zero-order valence-electron chi connectivity index (χ0n) is 7.92. The average Bonchev–Trinajstić information content (AvgIpc) is 2.59. The Morgan fingerprint density at radius 2 is 2.27 bits per heavy atom. The zero-order valence-corrected chi connectivity index (χ0v) is 7.92. The minimum Gasteiger partial charge on any atom is -0.506 e. The molecule has 0 saturated heterocycles. The van der Waals surface area contributed by atoms with Crippen LogP contribution in [0.1, 0.15) is 0 Å². The highest BCUT2D eigenvalue weighted by atomic mass is 16.7. The fraction of sp³-hybridized carbons (Fsp3) is 0.222. The predicted octanol–water partition coefficient (Wildman–Crippen LogP) is -0.255. The van der Waals surface area contributed by atoms with Crippen molar-refractivity contribution in [2.75, 3.05) is 18.9 Å². The van der Waals surface area contributed by atoms with Crippen molar-refractivity contribution in [3.8, 4) is 5.75 Å². The van der Waals surface area contributed by atoms with Crippen molar-refractivity contribution in [2.24, 2.45) is 0 Å². The van der Waals surface area contributed by atoms with Crippen molar-refractivity contribution in [3.63, 3.8) is 0 Å². The van der Waals surface area contributed by atoms with Gasteiger partial charge in [0.15, 0.2) is 0 Å². The van der Waals surface area contributed by atoms with E-state index >= 15 is 0 Å². The first-order chi connectivity index (χ1) is 7.22. The Morgan fingerprint density at radius 3 is 3.00 bits per heavy atom. The molecule has 6 nitrogen and oxygen atoms in total. The first kappa shape index (κ1) is 9.60. The summed E-state index contributed by atoms with van der Waals surface area (Å²) in [6.45, 7) is 0.0967. The average molecular weight is 209 g/mol. The summed E-state index contributed by atoms with van der Waals surface area (Å²) in [6.07, 6.45) is 1.46. The molecule has 0 bridgehead atoms. The molecule has 1 aromatic carbocycles. The number of aromatic nitrogens is 2. The van der Waals surface area contributed by atoms with Crippen LogP contribution in [0.2, 0.25) is 0 Å². The van der Waals surface area contributed by atoms with Crippen LogP contribution in [0.5, 0.6) is 5.75 Å². The van der Waals surface area contributed by atoms with Crippen LogP contribution in [-0.2, 0) is 0 Å². The lowest BCUT2D eigenvalue weighted by Crippen LogP contribution is -2.14. The van der Waals surface area contributed by atoms with Gasteiger partial charge >= 0.3 is 0 Å². The van der Waals surface area contributed by atoms with E-state index in [1.165, 1.54) is 17.1 Å². The monoisotopic (exact) mass is 209 g/mol. The number of rotatable bonds is 3. The molecule has 0 unspecified atom stereocenters. The largest absolute Gasteiger partial charge is 0.506 e. The van der Waals surface area contributed by atoms with Crippen LogP contribution >= 0.6 is 0 Å². The highest BCUT2D eigenvalue weighted by Gasteiger charge is 2.07. The summed E-state index contributed by atoms with van der Waals surface area (Å²) in [6, 6.07) is 3.03. The van der Waals surface area contributed by atoms with Gasteiger partial charge in [0, 0.05) is 6.07 Å². The van der Waals surface area contributed by atoms with Crippen LogP contribution in [0, 0.1) is 0 Å². The van der Waals surface area contributed by atoms with E-state index in [4.69, 9.17) is 15.7 Å². The number of aliphatic hydroxyl groups is 1. The van der Waals surface area contributed by atoms with Crippen LogP contribution in [0.4, 0.5) is 5.69 Å². The first-order valence-electron chi connectivity index (χ1n) is 4.42. The van der Waals surface area contributed by atoms with Gasteiger partial charge in [-0.1, -0.05) is 0 Å². The molecule has 0 aliphatic rings. The number of hydrogen-bond acceptors (Lipinski definition) is 5. The molecule has 4 N–H and O–H groups in total. The molecule has 0 aliphatic heterocycles. The number of nitrogens with two attached hydrogens (primary N) is 1. The van der Waals surface area contributed by atoms with Gasteiger partial charge in [0.25, 0.3) is 0 Å². The topological polar surface area (TPSA) is 93.5 Å². The van der Waals surface area contributed by atoms with Crippen molar-refractivity contribution in [3.05, 3.63) is 18.5 Å². The number of nitrogen functional groups attached to an aromatic ring is 1. The summed E-state index contributed by atoms with van der Waals surface area (Å²) in [5.74, 6) is -0.00471. The maximum Gasteiger partial charge on any atom is 0.140 e. The Labute approximate surface area is 85.5 Å². The summed E-state index contributed by atoms with van der Waals surface area (Å²) in [5, 5.41) is 18.0. The second-order valence-electron chi connectivity index (χ2n) is 3.03. The third-order valence-corrected chi connectivity index (χ3v) is 1.98. The minimum atomic E-state index is -0.0762. The van der Waals surface area contributed by atoms with E-state index in [1.54, 1.807) is 6.07 Å². The molecule has 1 aromatic heterocycles. The van der Waals surface area contributed by atoms with E-state index in [1.807, 2.05) is 0 Å². The molecule has 0 spiro atoms. The molecule has 15 heavy (non-hydrogen) atoms. The molecule has 0 amide bonds. The van der Waals surface area contributed by atoms with E-state index in [0.717, 1.165) is 0 Å². The summed E-state index contributed by atoms with van der Waals surface area (Å²) in [7, 11) is 0. The summed E-state index contributed by atoms with van der Waals surface area (Å²) in [5.41, 5.74) is 7.04. The highest BCUT2D eigenvalue weighted by Crippen LogP contribution is 2.25. The van der Waals surface area contributed by atoms with Crippen LogP contribution < -0.4 is 10.6 Å². The van der Waals surface area contributed by atoms with Crippen LogP contribution in [0.25, 0.3) is 11.0 Å². The zero-order chi connectivity index (χ0) is 10.8. The van der Waals surface area contributed by atoms with Gasteiger partial charge in [-0.15, -0.1) is 0 Å². The van der Waals surface area contributed by atoms with Gasteiger partial charge < -0.3 is 20.8 Å². The molecule has 0 atom stereocenters. The molecule has 80 valence electrons. The number of phenols is 1. The number of nitrogens with zero attached hydrogens (tertiary/aromatic N) is 2. The predicted molar refractivity (Wildman–Crippen MR) is 54.3 cm³/mol. The third kappa shape index (κ3) is 1.66. The molecule has 0 fully saturated rings. The van der Waals surface area contributed by atoms with Gasteiger partial charge in [0.1, 0.15) is 24.2 Å². The third-order valence-electron chi connectivity index (χ3n) is 1.98. The van der Waals surface area contributed by atoms with Crippen molar-refractivity contribution in [1.29, 1.82) is 0 Å². The van der Waals surface area contributed by atoms with Crippen molar-refractivity contribution >= 4 is 16.7 Å². The number of aromatic hydroxyl groups is 1. The van der Waals surface area contributed by atoms with Gasteiger partial charge in [-0.2, -0.15) is 4.73 Å². The number of benzene rings is 1. The molecule has 2 aromatic rings. The van der Waals surface area contributed by atoms with E-state index in [-0.39, 0.29) is 24.7 Å². The molecule has 0 aliphatic carbocycles. The van der Waals surface area contributed by atoms with Gasteiger partial charge in [-0.3, -0.25) is 0 Å². The number of anilines is 1. The van der Waals surface area contributed by atoms with E-state index in [2.05, 4.69) is 4.98 Å². The van der Waals surface area contributed by atoms with Gasteiger partial charge in [0.2, 0.25) is 0 Å². The molecule has 0 saturated carbocycles. The maximum atomic E-state index is 9.35. The molecular weight excluding hydrogens is 198 g/mol. The Kier molecular flexibility index (Phi) is 2.34. The smallest absolute Gasteiger partial charge is 0.140 e. The number of fused-ring (bicyclic) bond motifs is 1. The second-order valence-corrected chi connectivity index (χ2v) is 3.03. The highest BCUT2D eigenvalue weighted by molar-refractivity contribution is 5.82. The van der Waals surface area contributed by atoms with Gasteiger partial charge in [-0.05, 0) is 6.07 Å².